The third-order valence-electron chi connectivity index (χ3n) is 2.84. The summed E-state index contributed by atoms with van der Waals surface area (Å²) in [6.45, 7) is 8.01. The van der Waals surface area contributed by atoms with Gasteiger partial charge in [-0.25, -0.2) is 4.79 Å². The molecular weight excluding hydrogens is 232 g/mol. The molecule has 0 fully saturated rings. The Bertz CT molecular complexity index is 296. The van der Waals surface area contributed by atoms with Crippen LogP contribution in [0.15, 0.2) is 24.3 Å². The summed E-state index contributed by atoms with van der Waals surface area (Å²) in [4.78, 5) is 10.7. The number of unbranched alkanes of at least 4 members (excludes halogenated alkanes) is 1. The smallest absolute Gasteiger partial charge is 0.333 e. The lowest BCUT2D eigenvalue weighted by Crippen LogP contribution is -2.26. The quantitative estimate of drug-likeness (QED) is 0.358. The molecule has 0 aromatic carbocycles. The van der Waals surface area contributed by atoms with E-state index in [1.54, 1.807) is 6.08 Å². The molecule has 0 aliphatic carbocycles. The van der Waals surface area contributed by atoms with Gasteiger partial charge in [0.2, 0.25) is 0 Å². The molecule has 18 heavy (non-hydrogen) atoms. The van der Waals surface area contributed by atoms with Gasteiger partial charge in [-0.2, -0.15) is 0 Å². The summed E-state index contributed by atoms with van der Waals surface area (Å²) < 4.78 is 5.74. The average molecular weight is 256 g/mol. The number of rotatable bonds is 10. The summed E-state index contributed by atoms with van der Waals surface area (Å²) in [5, 5.41) is 17.6. The van der Waals surface area contributed by atoms with Crippen molar-refractivity contribution in [3.05, 3.63) is 24.3 Å². The van der Waals surface area contributed by atoms with Crippen molar-refractivity contribution in [2.75, 3.05) is 13.2 Å². The lowest BCUT2D eigenvalue weighted by Gasteiger charge is -2.26. The fourth-order valence-electron chi connectivity index (χ4n) is 1.44. The molecule has 0 saturated carbocycles. The predicted octanol–water partition coefficient (Wildman–Crippen LogP) is 2.53. The van der Waals surface area contributed by atoms with Crippen molar-refractivity contribution in [3.8, 4) is 0 Å². The summed E-state index contributed by atoms with van der Waals surface area (Å²) in [7, 11) is 0. The monoisotopic (exact) mass is 256 g/mol. The Hall–Kier alpha value is -1.13. The Balaban J connectivity index is 4.28. The van der Waals surface area contributed by atoms with Crippen LogP contribution in [-0.4, -0.2) is 35.0 Å². The first-order chi connectivity index (χ1) is 8.49. The van der Waals surface area contributed by atoms with Crippen LogP contribution in [0.25, 0.3) is 0 Å². The third kappa shape index (κ3) is 6.57. The van der Waals surface area contributed by atoms with Gasteiger partial charge in [-0.3, -0.25) is 0 Å². The van der Waals surface area contributed by atoms with Gasteiger partial charge < -0.3 is 14.9 Å². The van der Waals surface area contributed by atoms with Crippen LogP contribution < -0.4 is 0 Å². The second kappa shape index (κ2) is 8.89. The zero-order valence-corrected chi connectivity index (χ0v) is 11.3. The molecule has 0 aliphatic rings. The number of allylic oxidation sites excluding steroid dienone is 1. The summed E-state index contributed by atoms with van der Waals surface area (Å²) in [5.74, 6) is -1.08. The van der Waals surface area contributed by atoms with Crippen molar-refractivity contribution in [3.63, 3.8) is 0 Å². The molecule has 4 heteroatoms. The first-order valence-electron chi connectivity index (χ1n) is 6.29. The number of carboxylic acid groups (broad SMARTS) is 1. The van der Waals surface area contributed by atoms with E-state index < -0.39 is 18.2 Å². The Morgan fingerprint density at radius 1 is 1.50 bits per heavy atom. The van der Waals surface area contributed by atoms with Gasteiger partial charge in [-0.15, -0.1) is 6.58 Å². The van der Waals surface area contributed by atoms with Crippen molar-refractivity contribution in [2.45, 2.75) is 45.1 Å². The molecular formula is C14H24O4. The second-order valence-corrected chi connectivity index (χ2v) is 4.45. The minimum atomic E-state index is -1.08. The number of aliphatic carboxylic acids is 1. The van der Waals surface area contributed by atoms with Crippen molar-refractivity contribution in [2.24, 2.45) is 0 Å². The maximum Gasteiger partial charge on any atom is 0.333 e. The van der Waals surface area contributed by atoms with Gasteiger partial charge in [-0.1, -0.05) is 25.5 Å². The van der Waals surface area contributed by atoms with Crippen LogP contribution in [-0.2, 0) is 9.53 Å². The molecule has 104 valence electrons. The van der Waals surface area contributed by atoms with Crippen molar-refractivity contribution >= 4 is 5.97 Å². The molecule has 1 unspecified atom stereocenters. The molecule has 0 radical (unpaired) electrons. The maximum absolute atomic E-state index is 10.7. The van der Waals surface area contributed by atoms with Gasteiger partial charge in [-0.05, 0) is 26.2 Å². The molecule has 0 aliphatic heterocycles. The maximum atomic E-state index is 10.7. The highest BCUT2D eigenvalue weighted by Gasteiger charge is 2.19. The molecule has 0 aromatic rings. The van der Waals surface area contributed by atoms with E-state index in [-0.39, 0.29) is 5.57 Å². The number of carboxylic acids is 1. The topological polar surface area (TPSA) is 66.8 Å². The Kier molecular flexibility index (Phi) is 8.33. The van der Waals surface area contributed by atoms with E-state index in [0.29, 0.717) is 19.4 Å². The molecule has 0 heterocycles. The van der Waals surface area contributed by atoms with Crippen LogP contribution in [0.4, 0.5) is 0 Å². The van der Waals surface area contributed by atoms with Crippen LogP contribution in [0, 0.1) is 0 Å². The van der Waals surface area contributed by atoms with Crippen molar-refractivity contribution in [1.29, 1.82) is 0 Å². The number of hydrogen-bond acceptors (Lipinski definition) is 3. The molecule has 0 amide bonds. The Morgan fingerprint density at radius 3 is 2.61 bits per heavy atom. The van der Waals surface area contributed by atoms with Crippen LogP contribution >= 0.6 is 0 Å². The van der Waals surface area contributed by atoms with E-state index in [1.165, 1.54) is 6.08 Å². The van der Waals surface area contributed by atoms with E-state index >= 15 is 0 Å². The molecule has 0 aromatic heterocycles. The fraction of sp³-hybridized carbons (Fsp3) is 0.643. The average Bonchev–Trinajstić information content (AvgIpc) is 2.34. The number of aliphatic hydroxyl groups excluding tert-OH is 1. The summed E-state index contributed by atoms with van der Waals surface area (Å²) in [5.41, 5.74) is -0.417. The van der Waals surface area contributed by atoms with Crippen molar-refractivity contribution < 1.29 is 19.7 Å². The normalized spacial score (nSPS) is 15.2. The first kappa shape index (κ1) is 16.9. The molecule has 0 saturated heterocycles. The van der Waals surface area contributed by atoms with Gasteiger partial charge in [0.05, 0.1) is 17.8 Å². The molecule has 0 spiro atoms. The standard InChI is InChI=1S/C14H24O4/c1-4-6-10-18-14(3,5-2)9-7-8-12(11-15)13(16)17/h5,8,15H,2,4,6-7,9-11H2,1,3H3,(H,16,17). The SMILES string of the molecule is C=CC(C)(CCC=C(CO)C(=O)O)OCCCC. The van der Waals surface area contributed by atoms with Crippen LogP contribution in [0.3, 0.4) is 0 Å². The van der Waals surface area contributed by atoms with E-state index in [4.69, 9.17) is 14.9 Å². The minimum absolute atomic E-state index is 0.0231. The van der Waals surface area contributed by atoms with Crippen LogP contribution in [0.5, 0.6) is 0 Å². The summed E-state index contributed by atoms with van der Waals surface area (Å²) in [6, 6.07) is 0. The summed E-state index contributed by atoms with van der Waals surface area (Å²) in [6.07, 6.45) is 6.54. The second-order valence-electron chi connectivity index (χ2n) is 4.45. The Labute approximate surface area is 109 Å². The lowest BCUT2D eigenvalue weighted by molar-refractivity contribution is -0.133. The van der Waals surface area contributed by atoms with Gasteiger partial charge in [0.15, 0.2) is 0 Å². The number of ether oxygens (including phenoxy) is 1. The molecule has 1 atom stereocenters. The highest BCUT2D eigenvalue weighted by molar-refractivity contribution is 5.86. The first-order valence-corrected chi connectivity index (χ1v) is 6.29. The minimum Gasteiger partial charge on any atom is -0.478 e. The zero-order valence-electron chi connectivity index (χ0n) is 11.3. The highest BCUT2D eigenvalue weighted by atomic mass is 16.5. The molecule has 0 bridgehead atoms. The van der Waals surface area contributed by atoms with Gasteiger partial charge in [0.25, 0.3) is 0 Å². The summed E-state index contributed by atoms with van der Waals surface area (Å²) >= 11 is 0. The van der Waals surface area contributed by atoms with Crippen LogP contribution in [0.2, 0.25) is 0 Å². The molecule has 2 N–H and O–H groups in total. The zero-order chi connectivity index (χ0) is 14.0. The molecule has 4 nitrogen and oxygen atoms in total. The van der Waals surface area contributed by atoms with Crippen LogP contribution in [0.1, 0.15) is 39.5 Å². The largest absolute Gasteiger partial charge is 0.478 e. The van der Waals surface area contributed by atoms with E-state index in [0.717, 1.165) is 12.8 Å². The van der Waals surface area contributed by atoms with Crippen molar-refractivity contribution in [1.82, 2.24) is 0 Å². The lowest BCUT2D eigenvalue weighted by atomic mass is 9.99. The van der Waals surface area contributed by atoms with E-state index in [2.05, 4.69) is 13.5 Å². The van der Waals surface area contributed by atoms with Gasteiger partial charge >= 0.3 is 5.97 Å². The van der Waals surface area contributed by atoms with E-state index in [1.807, 2.05) is 6.92 Å². The third-order valence-corrected chi connectivity index (χ3v) is 2.84. The molecule has 0 rings (SSSR count). The predicted molar refractivity (Wildman–Crippen MR) is 71.5 cm³/mol. The van der Waals surface area contributed by atoms with Gasteiger partial charge in [0, 0.05) is 6.61 Å². The van der Waals surface area contributed by atoms with E-state index in [9.17, 15) is 4.79 Å². The van der Waals surface area contributed by atoms with Gasteiger partial charge in [0.1, 0.15) is 0 Å². The Morgan fingerprint density at radius 2 is 2.17 bits per heavy atom. The number of carbonyl (C=O) groups is 1. The number of hydrogen-bond donors (Lipinski definition) is 2. The number of aliphatic hydroxyl groups is 1. The highest BCUT2D eigenvalue weighted by Crippen LogP contribution is 2.20. The fourth-order valence-corrected chi connectivity index (χ4v) is 1.44.